The molecule has 3 heterocycles. The number of aromatic nitrogens is 5. The Bertz CT molecular complexity index is 1480. The van der Waals surface area contributed by atoms with Crippen molar-refractivity contribution < 1.29 is 13.2 Å². The summed E-state index contributed by atoms with van der Waals surface area (Å²) in [6, 6.07) is 10.2. The van der Waals surface area contributed by atoms with Crippen molar-refractivity contribution in [2.24, 2.45) is 0 Å². The highest BCUT2D eigenvalue weighted by Crippen LogP contribution is 2.31. The summed E-state index contributed by atoms with van der Waals surface area (Å²) >= 11 is 0. The molecule has 178 valence electrons. The Morgan fingerprint density at radius 1 is 1.15 bits per heavy atom. The molecule has 0 unspecified atom stereocenters. The molecule has 9 nitrogen and oxygen atoms in total. The van der Waals surface area contributed by atoms with E-state index in [1.165, 1.54) is 12.1 Å². The number of aryl methyl sites for hydroxylation is 1. The van der Waals surface area contributed by atoms with Gasteiger partial charge in [-0.15, -0.1) is 0 Å². The van der Waals surface area contributed by atoms with E-state index >= 15 is 0 Å². The van der Waals surface area contributed by atoms with Gasteiger partial charge in [0.1, 0.15) is 17.1 Å². The maximum absolute atomic E-state index is 13.2. The zero-order valence-electron chi connectivity index (χ0n) is 19.4. The monoisotopic (exact) mass is 481 g/mol. The summed E-state index contributed by atoms with van der Waals surface area (Å²) < 4.78 is 31.9. The van der Waals surface area contributed by atoms with Crippen molar-refractivity contribution in [1.29, 1.82) is 0 Å². The number of hydrogen-bond acceptors (Lipinski definition) is 7. The maximum Gasteiger partial charge on any atom is 0.277 e. The molecule has 0 spiro atoms. The molecule has 3 aromatic heterocycles. The number of rotatable bonds is 9. The lowest BCUT2D eigenvalue weighted by atomic mass is 10.1. The van der Waals surface area contributed by atoms with Gasteiger partial charge in [-0.25, -0.2) is 13.4 Å². The lowest BCUT2D eigenvalue weighted by molar-refractivity contribution is 0.310. The highest BCUT2D eigenvalue weighted by atomic mass is 32.2. The number of fused-ring (bicyclic) bond motifs is 1. The van der Waals surface area contributed by atoms with Crippen LogP contribution in [0, 0.1) is 0 Å². The molecule has 0 bridgehead atoms. The maximum atomic E-state index is 13.2. The van der Waals surface area contributed by atoms with E-state index in [9.17, 15) is 13.2 Å². The van der Waals surface area contributed by atoms with Crippen LogP contribution in [0.2, 0.25) is 0 Å². The van der Waals surface area contributed by atoms with Gasteiger partial charge in [-0.1, -0.05) is 26.3 Å². The number of H-pyrrole nitrogens is 1. The molecule has 0 saturated carbocycles. The van der Waals surface area contributed by atoms with Gasteiger partial charge in [-0.2, -0.15) is 5.10 Å². The first-order valence-corrected chi connectivity index (χ1v) is 13.1. The van der Waals surface area contributed by atoms with Gasteiger partial charge >= 0.3 is 0 Å². The SMILES string of the molecule is CCCCOc1ccc(S(C)(=O)=O)cc1-c1nc2c(CC)nn(Cc3ccccn3)c2c(=O)[nH]1. The lowest BCUT2D eigenvalue weighted by Crippen LogP contribution is -2.15. The molecule has 4 aromatic rings. The van der Waals surface area contributed by atoms with Crippen LogP contribution in [0.25, 0.3) is 22.4 Å². The molecule has 0 aliphatic heterocycles. The third-order valence-corrected chi connectivity index (χ3v) is 6.54. The highest BCUT2D eigenvalue weighted by molar-refractivity contribution is 7.90. The Kier molecular flexibility index (Phi) is 6.78. The van der Waals surface area contributed by atoms with Gasteiger partial charge in [-0.05, 0) is 43.2 Å². The summed E-state index contributed by atoms with van der Waals surface area (Å²) in [7, 11) is -3.47. The molecule has 0 aliphatic carbocycles. The zero-order valence-corrected chi connectivity index (χ0v) is 20.2. The topological polar surface area (TPSA) is 120 Å². The number of nitrogens with one attached hydrogen (secondary N) is 1. The predicted octanol–water partition coefficient (Wildman–Crippen LogP) is 3.37. The van der Waals surface area contributed by atoms with E-state index in [0.717, 1.165) is 24.8 Å². The van der Waals surface area contributed by atoms with Gasteiger partial charge < -0.3 is 9.72 Å². The van der Waals surface area contributed by atoms with E-state index in [-0.39, 0.29) is 16.3 Å². The van der Waals surface area contributed by atoms with E-state index in [4.69, 9.17) is 9.72 Å². The van der Waals surface area contributed by atoms with Crippen LogP contribution in [0.15, 0.2) is 52.3 Å². The fourth-order valence-corrected chi connectivity index (χ4v) is 4.30. The van der Waals surface area contributed by atoms with Gasteiger partial charge in [0.25, 0.3) is 5.56 Å². The minimum Gasteiger partial charge on any atom is -0.493 e. The number of hydrogen-bond donors (Lipinski definition) is 1. The van der Waals surface area contributed by atoms with Crippen LogP contribution < -0.4 is 10.3 Å². The van der Waals surface area contributed by atoms with Crippen molar-refractivity contribution >= 4 is 20.9 Å². The Labute approximate surface area is 197 Å². The normalized spacial score (nSPS) is 11.7. The van der Waals surface area contributed by atoms with Gasteiger partial charge in [0.15, 0.2) is 15.4 Å². The van der Waals surface area contributed by atoms with Gasteiger partial charge in [0, 0.05) is 12.5 Å². The summed E-state index contributed by atoms with van der Waals surface area (Å²) in [5, 5.41) is 4.61. The summed E-state index contributed by atoms with van der Waals surface area (Å²) in [5.41, 5.74) is 2.31. The molecule has 0 aliphatic rings. The second kappa shape index (κ2) is 9.76. The van der Waals surface area contributed by atoms with E-state index in [1.807, 2.05) is 25.1 Å². The molecular weight excluding hydrogens is 454 g/mol. The summed E-state index contributed by atoms with van der Waals surface area (Å²) in [6.45, 7) is 4.80. The molecule has 1 aromatic carbocycles. The van der Waals surface area contributed by atoms with E-state index in [2.05, 4.69) is 22.0 Å². The van der Waals surface area contributed by atoms with Crippen LogP contribution in [0.5, 0.6) is 5.75 Å². The van der Waals surface area contributed by atoms with Gasteiger partial charge in [0.2, 0.25) is 0 Å². The van der Waals surface area contributed by atoms with Crippen LogP contribution in [0.3, 0.4) is 0 Å². The molecule has 0 fully saturated rings. The number of pyridine rings is 1. The van der Waals surface area contributed by atoms with Crippen LogP contribution in [-0.2, 0) is 22.8 Å². The summed E-state index contributed by atoms with van der Waals surface area (Å²) in [4.78, 5) is 25.2. The molecule has 0 radical (unpaired) electrons. The largest absolute Gasteiger partial charge is 0.493 e. The van der Waals surface area contributed by atoms with Crippen LogP contribution in [0.1, 0.15) is 38.1 Å². The number of nitrogens with zero attached hydrogens (tertiary/aromatic N) is 4. The Morgan fingerprint density at radius 3 is 2.65 bits per heavy atom. The lowest BCUT2D eigenvalue weighted by Gasteiger charge is -2.12. The fourth-order valence-electron chi connectivity index (χ4n) is 3.65. The van der Waals surface area contributed by atoms with Crippen LogP contribution >= 0.6 is 0 Å². The van der Waals surface area contributed by atoms with Crippen LogP contribution in [0.4, 0.5) is 0 Å². The second-order valence-electron chi connectivity index (χ2n) is 8.02. The van der Waals surface area contributed by atoms with Crippen molar-refractivity contribution in [2.75, 3.05) is 12.9 Å². The molecular formula is C24H27N5O4S. The number of benzene rings is 1. The number of sulfone groups is 1. The predicted molar refractivity (Wildman–Crippen MR) is 130 cm³/mol. The molecule has 34 heavy (non-hydrogen) atoms. The van der Waals surface area contributed by atoms with Gasteiger partial charge in [-0.3, -0.25) is 14.5 Å². The first-order chi connectivity index (χ1) is 16.3. The van der Waals surface area contributed by atoms with Gasteiger partial charge in [0.05, 0.1) is 35.0 Å². The standard InChI is InChI=1S/C24H27N5O4S/c1-4-6-13-33-20-11-10-17(34(3,31)32)14-18(20)23-26-21-19(5-2)28-29(22(21)24(30)27-23)15-16-9-7-8-12-25-16/h7-12,14H,4-6,13,15H2,1-3H3,(H,26,27,30). The van der Waals surface area contributed by atoms with Crippen molar-refractivity contribution in [3.8, 4) is 17.1 Å². The smallest absolute Gasteiger partial charge is 0.277 e. The van der Waals surface area contributed by atoms with E-state index in [0.29, 0.717) is 47.6 Å². The minimum atomic E-state index is -3.47. The second-order valence-corrected chi connectivity index (χ2v) is 10.0. The van der Waals surface area contributed by atoms with Crippen LogP contribution in [-0.4, -0.2) is 46.0 Å². The zero-order chi connectivity index (χ0) is 24.3. The Hall–Kier alpha value is -3.53. The van der Waals surface area contributed by atoms with Crippen molar-refractivity contribution in [1.82, 2.24) is 24.7 Å². The molecule has 4 rings (SSSR count). The first-order valence-electron chi connectivity index (χ1n) is 11.2. The fraction of sp³-hybridized carbons (Fsp3) is 0.333. The number of ether oxygens (including phenoxy) is 1. The average molecular weight is 482 g/mol. The molecule has 0 atom stereocenters. The molecule has 0 amide bonds. The molecule has 1 N–H and O–H groups in total. The van der Waals surface area contributed by atoms with E-state index in [1.54, 1.807) is 16.9 Å². The number of aromatic amines is 1. The quantitative estimate of drug-likeness (QED) is 0.364. The first kappa shape index (κ1) is 23.6. The third-order valence-electron chi connectivity index (χ3n) is 5.43. The average Bonchev–Trinajstić information content (AvgIpc) is 3.17. The number of unbranched alkanes of at least 4 members (excludes halogenated alkanes) is 1. The molecule has 0 saturated heterocycles. The summed E-state index contributed by atoms with van der Waals surface area (Å²) in [5.74, 6) is 0.698. The summed E-state index contributed by atoms with van der Waals surface area (Å²) in [6.07, 6.45) is 5.20. The molecule has 10 heteroatoms. The third kappa shape index (κ3) is 4.86. The van der Waals surface area contributed by atoms with Crippen molar-refractivity contribution in [3.63, 3.8) is 0 Å². The van der Waals surface area contributed by atoms with Crippen molar-refractivity contribution in [3.05, 3.63) is 64.3 Å². The minimum absolute atomic E-state index is 0.120. The Morgan fingerprint density at radius 2 is 1.97 bits per heavy atom. The van der Waals surface area contributed by atoms with E-state index < -0.39 is 9.84 Å². The Balaban J connectivity index is 1.87. The highest BCUT2D eigenvalue weighted by Gasteiger charge is 2.20. The van der Waals surface area contributed by atoms with Crippen molar-refractivity contribution in [2.45, 2.75) is 44.6 Å².